The van der Waals surface area contributed by atoms with Gasteiger partial charge >= 0.3 is 11.9 Å². The highest BCUT2D eigenvalue weighted by molar-refractivity contribution is 8.01. The summed E-state index contributed by atoms with van der Waals surface area (Å²) < 4.78 is -1.04. The molecule has 8 nitrogen and oxygen atoms in total. The van der Waals surface area contributed by atoms with Crippen molar-refractivity contribution in [2.45, 2.75) is 28.3 Å². The summed E-state index contributed by atoms with van der Waals surface area (Å²) in [5.74, 6) is -3.16. The Bertz CT molecular complexity index is 550. The second-order valence-electron chi connectivity index (χ2n) is 4.92. The summed E-state index contributed by atoms with van der Waals surface area (Å²) in [6.45, 7) is 0. The highest BCUT2D eigenvalue weighted by Gasteiger charge is 2.82. The average Bonchev–Trinajstić information content (AvgIpc) is 2.65. The SMILES string of the molecule is NC1(C(=O)O)CCC2C(C(=O)O)C21Sc1ncn[nH]1. The van der Waals surface area contributed by atoms with Gasteiger partial charge in [-0.05, 0) is 18.8 Å². The molecule has 5 N–H and O–H groups in total. The number of nitrogens with two attached hydrogens (primary N) is 1. The summed E-state index contributed by atoms with van der Waals surface area (Å²) in [5.41, 5.74) is 4.48. The Kier molecular flexibility index (Phi) is 2.42. The van der Waals surface area contributed by atoms with Crippen LogP contribution in [0.3, 0.4) is 0 Å². The topological polar surface area (TPSA) is 142 Å². The largest absolute Gasteiger partial charge is 0.481 e. The van der Waals surface area contributed by atoms with Crippen LogP contribution in [0.2, 0.25) is 0 Å². The molecule has 0 aromatic carbocycles. The van der Waals surface area contributed by atoms with E-state index in [1.165, 1.54) is 6.33 Å². The van der Waals surface area contributed by atoms with Gasteiger partial charge in [-0.3, -0.25) is 14.7 Å². The standard InChI is InChI=1S/C10H12N4O4S/c11-9(7(17)18)2-1-4-5(6(15)16)10(4,9)19-8-12-3-13-14-8/h3-5H,1-2,11H2,(H,15,16)(H,17,18)(H,12,13,14). The van der Waals surface area contributed by atoms with Crippen molar-refractivity contribution in [3.63, 3.8) is 0 Å². The number of aromatic amines is 1. The Labute approximate surface area is 111 Å². The van der Waals surface area contributed by atoms with Crippen LogP contribution < -0.4 is 5.73 Å². The van der Waals surface area contributed by atoms with Crippen LogP contribution in [0.15, 0.2) is 11.5 Å². The third kappa shape index (κ3) is 1.39. The molecule has 2 aliphatic rings. The second-order valence-corrected chi connectivity index (χ2v) is 6.19. The quantitative estimate of drug-likeness (QED) is 0.582. The minimum atomic E-state index is -1.54. The van der Waals surface area contributed by atoms with E-state index < -0.39 is 28.1 Å². The zero-order chi connectivity index (χ0) is 13.8. The molecule has 2 saturated carbocycles. The zero-order valence-corrected chi connectivity index (χ0v) is 10.6. The van der Waals surface area contributed by atoms with E-state index in [-0.39, 0.29) is 12.3 Å². The third-order valence-electron chi connectivity index (χ3n) is 4.16. The van der Waals surface area contributed by atoms with Gasteiger partial charge in [-0.15, -0.1) is 0 Å². The second kappa shape index (κ2) is 3.70. The number of carboxylic acids is 2. The van der Waals surface area contributed by atoms with Crippen LogP contribution in [0, 0.1) is 11.8 Å². The van der Waals surface area contributed by atoms with E-state index in [0.29, 0.717) is 11.6 Å². The molecule has 2 fully saturated rings. The van der Waals surface area contributed by atoms with Gasteiger partial charge in [-0.2, -0.15) is 5.10 Å². The Morgan fingerprint density at radius 1 is 1.53 bits per heavy atom. The highest BCUT2D eigenvalue weighted by Crippen LogP contribution is 2.72. The van der Waals surface area contributed by atoms with Crippen molar-refractivity contribution in [3.05, 3.63) is 6.33 Å². The maximum absolute atomic E-state index is 11.5. The molecule has 0 radical (unpaired) electrons. The molecule has 4 atom stereocenters. The fourth-order valence-electron chi connectivity index (χ4n) is 3.26. The lowest BCUT2D eigenvalue weighted by atomic mass is 9.91. The Balaban J connectivity index is 2.01. The first-order valence-corrected chi connectivity index (χ1v) is 6.54. The monoisotopic (exact) mass is 284 g/mol. The molecular formula is C10H12N4O4S. The normalized spacial score (nSPS) is 39.8. The van der Waals surface area contributed by atoms with Crippen molar-refractivity contribution in [1.29, 1.82) is 0 Å². The predicted octanol–water partition coefficient (Wildman–Crippen LogP) is -0.458. The Morgan fingerprint density at radius 3 is 2.74 bits per heavy atom. The molecule has 9 heteroatoms. The fraction of sp³-hybridized carbons (Fsp3) is 0.600. The maximum atomic E-state index is 11.5. The first-order chi connectivity index (χ1) is 8.93. The molecule has 3 rings (SSSR count). The maximum Gasteiger partial charge on any atom is 0.325 e. The van der Waals surface area contributed by atoms with E-state index in [1.807, 2.05) is 0 Å². The number of nitrogens with one attached hydrogen (secondary N) is 1. The van der Waals surface area contributed by atoms with E-state index in [4.69, 9.17) is 5.73 Å². The number of nitrogens with zero attached hydrogens (tertiary/aromatic N) is 2. The number of fused-ring (bicyclic) bond motifs is 1. The summed E-state index contributed by atoms with van der Waals surface area (Å²) >= 11 is 1.09. The van der Waals surface area contributed by atoms with Gasteiger partial charge in [0.2, 0.25) is 0 Å². The third-order valence-corrected chi connectivity index (χ3v) is 5.81. The minimum absolute atomic E-state index is 0.235. The van der Waals surface area contributed by atoms with E-state index >= 15 is 0 Å². The van der Waals surface area contributed by atoms with Crippen molar-refractivity contribution < 1.29 is 19.8 Å². The molecule has 0 spiro atoms. The number of H-pyrrole nitrogens is 1. The smallest absolute Gasteiger partial charge is 0.325 e. The van der Waals surface area contributed by atoms with Crippen LogP contribution in [0.4, 0.5) is 0 Å². The molecule has 1 aromatic rings. The van der Waals surface area contributed by atoms with Gasteiger partial charge in [0.25, 0.3) is 0 Å². The zero-order valence-electron chi connectivity index (χ0n) is 9.74. The van der Waals surface area contributed by atoms with Crippen molar-refractivity contribution in [1.82, 2.24) is 15.2 Å². The molecule has 1 aromatic heterocycles. The number of thioether (sulfide) groups is 1. The summed E-state index contributed by atoms with van der Waals surface area (Å²) in [5, 5.41) is 25.3. The van der Waals surface area contributed by atoms with E-state index in [0.717, 1.165) is 11.8 Å². The van der Waals surface area contributed by atoms with Crippen LogP contribution in [0.5, 0.6) is 0 Å². The lowest BCUT2D eigenvalue weighted by molar-refractivity contribution is -0.144. The molecular weight excluding hydrogens is 272 g/mol. The van der Waals surface area contributed by atoms with Crippen molar-refractivity contribution >= 4 is 23.7 Å². The summed E-state index contributed by atoms with van der Waals surface area (Å²) in [7, 11) is 0. The number of carbonyl (C=O) groups is 2. The van der Waals surface area contributed by atoms with E-state index in [2.05, 4.69) is 15.2 Å². The molecule has 19 heavy (non-hydrogen) atoms. The Morgan fingerprint density at radius 2 is 2.26 bits per heavy atom. The number of aliphatic carboxylic acids is 2. The van der Waals surface area contributed by atoms with Gasteiger partial charge in [0.15, 0.2) is 5.16 Å². The highest BCUT2D eigenvalue weighted by atomic mass is 32.2. The summed E-state index contributed by atoms with van der Waals surface area (Å²) in [4.78, 5) is 26.7. The van der Waals surface area contributed by atoms with Gasteiger partial charge < -0.3 is 15.9 Å². The van der Waals surface area contributed by atoms with Crippen LogP contribution in [-0.4, -0.2) is 47.6 Å². The number of rotatable bonds is 4. The van der Waals surface area contributed by atoms with Crippen molar-refractivity contribution in [2.24, 2.45) is 17.6 Å². The van der Waals surface area contributed by atoms with E-state index in [9.17, 15) is 19.8 Å². The summed E-state index contributed by atoms with van der Waals surface area (Å²) in [6.07, 6.45) is 2.07. The lowest BCUT2D eigenvalue weighted by Crippen LogP contribution is -2.57. The Hall–Kier alpha value is -1.61. The molecule has 0 amide bonds. The van der Waals surface area contributed by atoms with Crippen LogP contribution in [0.1, 0.15) is 12.8 Å². The number of hydrogen-bond acceptors (Lipinski definition) is 6. The number of hydrogen-bond donors (Lipinski definition) is 4. The molecule has 0 saturated heterocycles. The molecule has 2 aliphatic carbocycles. The molecule has 0 aliphatic heterocycles. The van der Waals surface area contributed by atoms with Crippen molar-refractivity contribution in [2.75, 3.05) is 0 Å². The molecule has 4 unspecified atom stereocenters. The average molecular weight is 284 g/mol. The van der Waals surface area contributed by atoms with Crippen LogP contribution in [0.25, 0.3) is 0 Å². The minimum Gasteiger partial charge on any atom is -0.481 e. The van der Waals surface area contributed by atoms with Gasteiger partial charge in [0, 0.05) is 0 Å². The van der Waals surface area contributed by atoms with Crippen LogP contribution >= 0.6 is 11.8 Å². The van der Waals surface area contributed by atoms with Gasteiger partial charge in [0.1, 0.15) is 11.9 Å². The first-order valence-electron chi connectivity index (χ1n) is 5.73. The predicted molar refractivity (Wildman–Crippen MR) is 63.4 cm³/mol. The van der Waals surface area contributed by atoms with Gasteiger partial charge in [-0.1, -0.05) is 11.8 Å². The molecule has 1 heterocycles. The van der Waals surface area contributed by atoms with Gasteiger partial charge in [0.05, 0.1) is 10.7 Å². The summed E-state index contributed by atoms with van der Waals surface area (Å²) in [6, 6.07) is 0. The molecule has 0 bridgehead atoms. The first kappa shape index (κ1) is 12.4. The fourth-order valence-corrected chi connectivity index (χ4v) is 4.88. The number of carboxylic acid groups (broad SMARTS) is 2. The molecule has 102 valence electrons. The van der Waals surface area contributed by atoms with Crippen LogP contribution in [-0.2, 0) is 9.59 Å². The van der Waals surface area contributed by atoms with E-state index in [1.54, 1.807) is 0 Å². The lowest BCUT2D eigenvalue weighted by Gasteiger charge is -2.30. The van der Waals surface area contributed by atoms with Gasteiger partial charge in [-0.25, -0.2) is 4.98 Å². The number of aromatic nitrogens is 3. The van der Waals surface area contributed by atoms with Crippen molar-refractivity contribution in [3.8, 4) is 0 Å².